The molecule has 0 saturated heterocycles. The van der Waals surface area contributed by atoms with Crippen molar-refractivity contribution in [2.75, 3.05) is 20.5 Å². The van der Waals surface area contributed by atoms with E-state index in [1.54, 1.807) is 13.2 Å². The number of methoxy groups -OCH3 is 1. The Kier molecular flexibility index (Phi) is 8.98. The van der Waals surface area contributed by atoms with Gasteiger partial charge < -0.3 is 14.6 Å². The van der Waals surface area contributed by atoms with Crippen LogP contribution >= 0.6 is 0 Å². The maximum atomic E-state index is 8.57. The van der Waals surface area contributed by atoms with E-state index in [1.807, 2.05) is 12.2 Å². The number of hydrogen-bond donors (Lipinski definition) is 1. The fraction of sp³-hybridized carbons (Fsp3) is 0.600. The minimum Gasteiger partial charge on any atom is -0.392 e. The molecule has 3 heteroatoms. The number of allylic oxidation sites excluding steroid dienone is 1. The summed E-state index contributed by atoms with van der Waals surface area (Å²) in [4.78, 5) is 0. The molecule has 0 spiro atoms. The molecule has 3 nitrogen and oxygen atoms in total. The fourth-order valence-corrected chi connectivity index (χ4v) is 0.885. The second-order valence-electron chi connectivity index (χ2n) is 2.59. The molecule has 0 aromatic heterocycles. The van der Waals surface area contributed by atoms with E-state index < -0.39 is 0 Å². The molecular weight excluding hydrogens is 168 g/mol. The zero-order valence-electron chi connectivity index (χ0n) is 8.11. The van der Waals surface area contributed by atoms with Crippen LogP contribution in [-0.4, -0.2) is 31.7 Å². The van der Waals surface area contributed by atoms with Crippen LogP contribution in [0.15, 0.2) is 24.8 Å². The standard InChI is InChI=1S/C10H18O3/c1-3-4-6-10(7-5-8-11)13-9-12-2/h3,5,7,10-11H,1,4,6,8-9H2,2H3/b7-5+/t10-/m1/s1. The molecular formula is C10H18O3. The van der Waals surface area contributed by atoms with Gasteiger partial charge in [0, 0.05) is 7.11 Å². The third-order valence-corrected chi connectivity index (χ3v) is 1.51. The summed E-state index contributed by atoms with van der Waals surface area (Å²) in [5.41, 5.74) is 0. The highest BCUT2D eigenvalue weighted by molar-refractivity contribution is 4.90. The van der Waals surface area contributed by atoms with Gasteiger partial charge in [-0.15, -0.1) is 6.58 Å². The molecule has 0 aromatic carbocycles. The Balaban J connectivity index is 3.72. The van der Waals surface area contributed by atoms with Crippen molar-refractivity contribution >= 4 is 0 Å². The number of hydrogen-bond acceptors (Lipinski definition) is 3. The number of rotatable bonds is 8. The van der Waals surface area contributed by atoms with E-state index in [0.717, 1.165) is 12.8 Å². The fourth-order valence-electron chi connectivity index (χ4n) is 0.885. The molecule has 76 valence electrons. The number of aliphatic hydroxyl groups excluding tert-OH is 1. The van der Waals surface area contributed by atoms with Gasteiger partial charge in [-0.2, -0.15) is 0 Å². The zero-order valence-corrected chi connectivity index (χ0v) is 8.11. The van der Waals surface area contributed by atoms with Crippen LogP contribution < -0.4 is 0 Å². The first-order valence-corrected chi connectivity index (χ1v) is 4.34. The van der Waals surface area contributed by atoms with Crippen molar-refractivity contribution in [3.05, 3.63) is 24.8 Å². The molecule has 0 fully saturated rings. The third-order valence-electron chi connectivity index (χ3n) is 1.51. The van der Waals surface area contributed by atoms with Gasteiger partial charge in [-0.25, -0.2) is 0 Å². The normalized spacial score (nSPS) is 13.4. The van der Waals surface area contributed by atoms with Crippen LogP contribution in [0.5, 0.6) is 0 Å². The largest absolute Gasteiger partial charge is 0.392 e. The van der Waals surface area contributed by atoms with E-state index in [1.165, 1.54) is 0 Å². The van der Waals surface area contributed by atoms with E-state index in [0.29, 0.717) is 0 Å². The first kappa shape index (κ1) is 12.4. The van der Waals surface area contributed by atoms with Crippen molar-refractivity contribution in [1.82, 2.24) is 0 Å². The summed E-state index contributed by atoms with van der Waals surface area (Å²) in [7, 11) is 1.58. The van der Waals surface area contributed by atoms with Crippen molar-refractivity contribution in [3.8, 4) is 0 Å². The maximum absolute atomic E-state index is 8.57. The van der Waals surface area contributed by atoms with Crippen molar-refractivity contribution in [2.24, 2.45) is 0 Å². The SMILES string of the molecule is C=CCC[C@H](/C=C/CO)OCOC. The number of aliphatic hydroxyl groups is 1. The Bertz CT molecular complexity index is 143. The van der Waals surface area contributed by atoms with Gasteiger partial charge in [0.1, 0.15) is 6.79 Å². The van der Waals surface area contributed by atoms with Gasteiger partial charge in [0.2, 0.25) is 0 Å². The monoisotopic (exact) mass is 186 g/mol. The van der Waals surface area contributed by atoms with Crippen LogP contribution in [-0.2, 0) is 9.47 Å². The number of ether oxygens (including phenoxy) is 2. The van der Waals surface area contributed by atoms with E-state index in [4.69, 9.17) is 14.6 Å². The minimum absolute atomic E-state index is 0.00472. The average molecular weight is 186 g/mol. The lowest BCUT2D eigenvalue weighted by Gasteiger charge is -2.11. The molecule has 1 atom stereocenters. The third kappa shape index (κ3) is 7.71. The molecule has 0 radical (unpaired) electrons. The highest BCUT2D eigenvalue weighted by Gasteiger charge is 2.02. The molecule has 0 aliphatic carbocycles. The highest BCUT2D eigenvalue weighted by Crippen LogP contribution is 2.04. The highest BCUT2D eigenvalue weighted by atomic mass is 16.7. The molecule has 0 aliphatic heterocycles. The lowest BCUT2D eigenvalue weighted by atomic mass is 10.2. The van der Waals surface area contributed by atoms with Gasteiger partial charge in [-0.1, -0.05) is 18.2 Å². The zero-order chi connectivity index (χ0) is 9.94. The van der Waals surface area contributed by atoms with Crippen LogP contribution in [0.25, 0.3) is 0 Å². The van der Waals surface area contributed by atoms with Gasteiger partial charge >= 0.3 is 0 Å². The van der Waals surface area contributed by atoms with Gasteiger partial charge in [0.25, 0.3) is 0 Å². The second kappa shape index (κ2) is 9.45. The van der Waals surface area contributed by atoms with Gasteiger partial charge in [0.15, 0.2) is 0 Å². The molecule has 0 bridgehead atoms. The van der Waals surface area contributed by atoms with E-state index in [9.17, 15) is 0 Å². The first-order valence-electron chi connectivity index (χ1n) is 4.34. The van der Waals surface area contributed by atoms with Crippen molar-refractivity contribution in [1.29, 1.82) is 0 Å². The lowest BCUT2D eigenvalue weighted by molar-refractivity contribution is -0.0572. The summed E-state index contributed by atoms with van der Waals surface area (Å²) < 4.78 is 10.1. The summed E-state index contributed by atoms with van der Waals surface area (Å²) in [6.07, 6.45) is 7.11. The molecule has 0 aromatic rings. The minimum atomic E-state index is 0.00472. The Morgan fingerprint density at radius 1 is 1.54 bits per heavy atom. The Hall–Kier alpha value is -0.640. The molecule has 0 heterocycles. The Morgan fingerprint density at radius 3 is 2.85 bits per heavy atom. The summed E-state index contributed by atoms with van der Waals surface area (Å²) in [5, 5.41) is 8.57. The van der Waals surface area contributed by atoms with Crippen LogP contribution in [0.4, 0.5) is 0 Å². The predicted octanol–water partition coefficient (Wildman–Crippen LogP) is 1.49. The van der Waals surface area contributed by atoms with Crippen LogP contribution in [0.3, 0.4) is 0 Å². The maximum Gasteiger partial charge on any atom is 0.147 e. The second-order valence-corrected chi connectivity index (χ2v) is 2.59. The average Bonchev–Trinajstić information content (AvgIpc) is 2.17. The van der Waals surface area contributed by atoms with Gasteiger partial charge in [-0.3, -0.25) is 0 Å². The summed E-state index contributed by atoms with van der Waals surface area (Å²) in [6, 6.07) is 0. The Labute approximate surface area is 79.7 Å². The summed E-state index contributed by atoms with van der Waals surface area (Å²) >= 11 is 0. The smallest absolute Gasteiger partial charge is 0.147 e. The molecule has 0 amide bonds. The van der Waals surface area contributed by atoms with Crippen LogP contribution in [0, 0.1) is 0 Å². The summed E-state index contributed by atoms with van der Waals surface area (Å²) in [5.74, 6) is 0. The molecule has 1 N–H and O–H groups in total. The van der Waals surface area contributed by atoms with E-state index in [2.05, 4.69) is 6.58 Å². The van der Waals surface area contributed by atoms with Crippen molar-refractivity contribution in [2.45, 2.75) is 18.9 Å². The van der Waals surface area contributed by atoms with E-state index >= 15 is 0 Å². The molecule has 13 heavy (non-hydrogen) atoms. The molecule has 0 unspecified atom stereocenters. The molecule has 0 aliphatic rings. The quantitative estimate of drug-likeness (QED) is 0.461. The predicted molar refractivity (Wildman–Crippen MR) is 52.4 cm³/mol. The van der Waals surface area contributed by atoms with Crippen LogP contribution in [0.2, 0.25) is 0 Å². The van der Waals surface area contributed by atoms with Crippen LogP contribution in [0.1, 0.15) is 12.8 Å². The van der Waals surface area contributed by atoms with Gasteiger partial charge in [-0.05, 0) is 12.8 Å². The van der Waals surface area contributed by atoms with E-state index in [-0.39, 0.29) is 19.5 Å². The van der Waals surface area contributed by atoms with Crippen molar-refractivity contribution < 1.29 is 14.6 Å². The first-order chi connectivity index (χ1) is 6.35. The summed E-state index contributed by atoms with van der Waals surface area (Å²) in [6.45, 7) is 3.95. The lowest BCUT2D eigenvalue weighted by Crippen LogP contribution is -2.11. The topological polar surface area (TPSA) is 38.7 Å². The molecule has 0 saturated carbocycles. The molecule has 0 rings (SSSR count). The van der Waals surface area contributed by atoms with Gasteiger partial charge in [0.05, 0.1) is 12.7 Å². The Morgan fingerprint density at radius 2 is 2.31 bits per heavy atom. The van der Waals surface area contributed by atoms with Crippen molar-refractivity contribution in [3.63, 3.8) is 0 Å².